The van der Waals surface area contributed by atoms with Crippen LogP contribution < -0.4 is 5.73 Å². The van der Waals surface area contributed by atoms with Crippen molar-refractivity contribution in [1.82, 2.24) is 4.31 Å². The maximum absolute atomic E-state index is 12.8. The fourth-order valence-corrected chi connectivity index (χ4v) is 4.86. The second kappa shape index (κ2) is 7.40. The third-order valence-electron chi connectivity index (χ3n) is 3.21. The van der Waals surface area contributed by atoms with E-state index >= 15 is 0 Å². The number of nitrogens with zero attached hydrogens (tertiary/aromatic N) is 1. The van der Waals surface area contributed by atoms with Crippen molar-refractivity contribution in [3.63, 3.8) is 0 Å². The Morgan fingerprint density at radius 2 is 1.95 bits per heavy atom. The second-order valence-electron chi connectivity index (χ2n) is 4.50. The van der Waals surface area contributed by atoms with Gasteiger partial charge in [0.1, 0.15) is 0 Å². The van der Waals surface area contributed by atoms with Gasteiger partial charge in [0.2, 0.25) is 10.0 Å². The van der Waals surface area contributed by atoms with Crippen molar-refractivity contribution >= 4 is 31.6 Å². The van der Waals surface area contributed by atoms with Gasteiger partial charge >= 0.3 is 0 Å². The van der Waals surface area contributed by atoms with Gasteiger partial charge in [-0.3, -0.25) is 0 Å². The molecule has 0 aliphatic rings. The summed E-state index contributed by atoms with van der Waals surface area (Å²) in [6, 6.07) is 4.55. The predicted octanol–water partition coefficient (Wildman–Crippen LogP) is 2.20. The van der Waals surface area contributed by atoms with Gasteiger partial charge < -0.3 is 10.8 Å². The highest BCUT2D eigenvalue weighted by Crippen LogP contribution is 2.29. The molecule has 0 unspecified atom stereocenters. The zero-order chi connectivity index (χ0) is 15.3. The summed E-state index contributed by atoms with van der Waals surface area (Å²) < 4.78 is 27.4. The number of hydrogen-bond donors (Lipinski definition) is 2. The molecule has 0 saturated heterocycles. The van der Waals surface area contributed by atoms with E-state index in [4.69, 9.17) is 10.8 Å². The van der Waals surface area contributed by atoms with Crippen LogP contribution >= 0.6 is 15.9 Å². The Labute approximate surface area is 129 Å². The standard InChI is InChI=1S/C13H21BrN2O3S/c1-3-11(4-2)16(7-8-17)20(18,19)13-9-10(15)5-6-12(13)14/h5-6,9,11,17H,3-4,7-8,15H2,1-2H3. The van der Waals surface area contributed by atoms with Crippen molar-refractivity contribution in [3.8, 4) is 0 Å². The quantitative estimate of drug-likeness (QED) is 0.726. The van der Waals surface area contributed by atoms with Crippen LogP contribution in [0.4, 0.5) is 5.69 Å². The van der Waals surface area contributed by atoms with E-state index < -0.39 is 10.0 Å². The van der Waals surface area contributed by atoms with Gasteiger partial charge in [-0.1, -0.05) is 13.8 Å². The van der Waals surface area contributed by atoms with E-state index in [2.05, 4.69) is 15.9 Å². The molecule has 5 nitrogen and oxygen atoms in total. The lowest BCUT2D eigenvalue weighted by Crippen LogP contribution is -2.41. The van der Waals surface area contributed by atoms with E-state index in [0.717, 1.165) is 0 Å². The number of sulfonamides is 1. The summed E-state index contributed by atoms with van der Waals surface area (Å²) in [5, 5.41) is 9.17. The van der Waals surface area contributed by atoms with E-state index in [0.29, 0.717) is 23.0 Å². The molecule has 114 valence electrons. The van der Waals surface area contributed by atoms with Crippen LogP contribution in [-0.2, 0) is 10.0 Å². The molecule has 0 aromatic heterocycles. The van der Waals surface area contributed by atoms with Gasteiger partial charge in [0, 0.05) is 22.7 Å². The minimum atomic E-state index is -3.69. The van der Waals surface area contributed by atoms with Crippen molar-refractivity contribution in [1.29, 1.82) is 0 Å². The maximum atomic E-state index is 12.8. The van der Waals surface area contributed by atoms with Crippen molar-refractivity contribution in [2.45, 2.75) is 37.6 Å². The summed E-state index contributed by atoms with van der Waals surface area (Å²) in [7, 11) is -3.69. The fraction of sp³-hybridized carbons (Fsp3) is 0.538. The van der Waals surface area contributed by atoms with Crippen LogP contribution in [0.3, 0.4) is 0 Å². The number of nitrogens with two attached hydrogens (primary N) is 1. The van der Waals surface area contributed by atoms with E-state index in [1.807, 2.05) is 13.8 Å². The van der Waals surface area contributed by atoms with E-state index in [9.17, 15) is 8.42 Å². The molecule has 1 rings (SSSR count). The maximum Gasteiger partial charge on any atom is 0.244 e. The molecular weight excluding hydrogens is 344 g/mol. The Kier molecular flexibility index (Phi) is 6.44. The van der Waals surface area contributed by atoms with Crippen LogP contribution in [-0.4, -0.2) is 37.0 Å². The van der Waals surface area contributed by atoms with Crippen LogP contribution in [0.2, 0.25) is 0 Å². The lowest BCUT2D eigenvalue weighted by molar-refractivity contribution is 0.219. The summed E-state index contributed by atoms with van der Waals surface area (Å²) in [4.78, 5) is 0.137. The number of aliphatic hydroxyl groups excluding tert-OH is 1. The summed E-state index contributed by atoms with van der Waals surface area (Å²) in [6.45, 7) is 3.73. The molecule has 0 fully saturated rings. The first-order chi connectivity index (χ1) is 9.38. The number of nitrogen functional groups attached to an aromatic ring is 1. The van der Waals surface area contributed by atoms with Crippen LogP contribution in [0, 0.1) is 0 Å². The Morgan fingerprint density at radius 1 is 1.35 bits per heavy atom. The molecule has 0 spiro atoms. The first kappa shape index (κ1) is 17.4. The van der Waals surface area contributed by atoms with Gasteiger partial charge in [-0.2, -0.15) is 4.31 Å². The second-order valence-corrected chi connectivity index (χ2v) is 7.21. The highest BCUT2D eigenvalue weighted by molar-refractivity contribution is 9.10. The Morgan fingerprint density at radius 3 is 2.45 bits per heavy atom. The van der Waals surface area contributed by atoms with Crippen molar-refractivity contribution in [3.05, 3.63) is 22.7 Å². The van der Waals surface area contributed by atoms with E-state index in [-0.39, 0.29) is 24.1 Å². The molecule has 7 heteroatoms. The van der Waals surface area contributed by atoms with Gasteiger partial charge in [-0.25, -0.2) is 8.42 Å². The SMILES string of the molecule is CCC(CC)N(CCO)S(=O)(=O)c1cc(N)ccc1Br. The van der Waals surface area contributed by atoms with Crippen molar-refractivity contribution in [2.75, 3.05) is 18.9 Å². The van der Waals surface area contributed by atoms with Crippen LogP contribution in [0.25, 0.3) is 0 Å². The molecule has 1 aromatic rings. The molecular formula is C13H21BrN2O3S. The zero-order valence-corrected chi connectivity index (χ0v) is 14.1. The van der Waals surface area contributed by atoms with Gasteiger partial charge in [0.25, 0.3) is 0 Å². The molecule has 0 radical (unpaired) electrons. The fourth-order valence-electron chi connectivity index (χ4n) is 2.14. The van der Waals surface area contributed by atoms with E-state index in [1.165, 1.54) is 10.4 Å². The first-order valence-electron chi connectivity index (χ1n) is 6.56. The lowest BCUT2D eigenvalue weighted by Gasteiger charge is -2.29. The third-order valence-corrected chi connectivity index (χ3v) is 6.16. The molecule has 1 aromatic carbocycles. The Bertz CT molecular complexity index is 545. The molecule has 3 N–H and O–H groups in total. The summed E-state index contributed by atoms with van der Waals surface area (Å²) in [5.41, 5.74) is 6.08. The molecule has 0 aliphatic carbocycles. The lowest BCUT2D eigenvalue weighted by atomic mass is 10.2. The monoisotopic (exact) mass is 364 g/mol. The number of rotatable bonds is 7. The van der Waals surface area contributed by atoms with Gasteiger partial charge in [0.15, 0.2) is 0 Å². The highest BCUT2D eigenvalue weighted by Gasteiger charge is 2.30. The largest absolute Gasteiger partial charge is 0.399 e. The summed E-state index contributed by atoms with van der Waals surface area (Å²) >= 11 is 3.25. The Balaban J connectivity index is 3.32. The normalized spacial score (nSPS) is 12.3. The van der Waals surface area contributed by atoms with Gasteiger partial charge in [0.05, 0.1) is 11.5 Å². The zero-order valence-electron chi connectivity index (χ0n) is 11.7. The van der Waals surface area contributed by atoms with Crippen LogP contribution in [0.1, 0.15) is 26.7 Å². The molecule has 0 aliphatic heterocycles. The summed E-state index contributed by atoms with van der Waals surface area (Å²) in [6.07, 6.45) is 1.38. The molecule has 0 saturated carbocycles. The number of aliphatic hydroxyl groups is 1. The molecule has 0 bridgehead atoms. The van der Waals surface area contributed by atoms with E-state index in [1.54, 1.807) is 12.1 Å². The minimum absolute atomic E-state index is 0.0793. The average Bonchev–Trinajstić information content (AvgIpc) is 2.41. The van der Waals surface area contributed by atoms with Crippen molar-refractivity contribution < 1.29 is 13.5 Å². The molecule has 0 amide bonds. The minimum Gasteiger partial charge on any atom is -0.399 e. The van der Waals surface area contributed by atoms with Crippen LogP contribution in [0.15, 0.2) is 27.6 Å². The smallest absolute Gasteiger partial charge is 0.244 e. The highest BCUT2D eigenvalue weighted by atomic mass is 79.9. The average molecular weight is 365 g/mol. The third kappa shape index (κ3) is 3.72. The molecule has 0 heterocycles. The number of anilines is 1. The molecule has 20 heavy (non-hydrogen) atoms. The van der Waals surface area contributed by atoms with Crippen LogP contribution in [0.5, 0.6) is 0 Å². The van der Waals surface area contributed by atoms with Gasteiger partial charge in [-0.15, -0.1) is 0 Å². The number of halogens is 1. The molecule has 0 atom stereocenters. The topological polar surface area (TPSA) is 83.6 Å². The number of benzene rings is 1. The number of hydrogen-bond acceptors (Lipinski definition) is 4. The summed E-state index contributed by atoms with van der Waals surface area (Å²) in [5.74, 6) is 0. The van der Waals surface area contributed by atoms with Gasteiger partial charge in [-0.05, 0) is 47.0 Å². The predicted molar refractivity (Wildman–Crippen MR) is 83.9 cm³/mol. The first-order valence-corrected chi connectivity index (χ1v) is 8.79. The van der Waals surface area contributed by atoms with Crippen molar-refractivity contribution in [2.24, 2.45) is 0 Å². The Hall–Kier alpha value is -0.630.